The second-order valence-electron chi connectivity index (χ2n) is 5.97. The van der Waals surface area contributed by atoms with Crippen molar-refractivity contribution in [2.24, 2.45) is 0 Å². The summed E-state index contributed by atoms with van der Waals surface area (Å²) in [6.07, 6.45) is 0. The minimum atomic E-state index is -0.590. The highest BCUT2D eigenvalue weighted by molar-refractivity contribution is 8.19. The smallest absolute Gasteiger partial charge is 0.344 e. The third-order valence-corrected chi connectivity index (χ3v) is 7.36. The van der Waals surface area contributed by atoms with Gasteiger partial charge in [-0.1, -0.05) is 24.3 Å². The molecule has 27 heavy (non-hydrogen) atoms. The Labute approximate surface area is 164 Å². The molecule has 0 atom stereocenters. The van der Waals surface area contributed by atoms with E-state index in [-0.39, 0.29) is 11.1 Å². The van der Waals surface area contributed by atoms with E-state index in [0.717, 1.165) is 17.1 Å². The van der Waals surface area contributed by atoms with Crippen LogP contribution < -0.4 is 15.0 Å². The lowest BCUT2D eigenvalue weighted by atomic mass is 10.1. The van der Waals surface area contributed by atoms with Crippen molar-refractivity contribution in [2.75, 3.05) is 18.6 Å². The Morgan fingerprint density at radius 2 is 1.85 bits per heavy atom. The molecule has 1 saturated heterocycles. The molecule has 7 heteroatoms. The van der Waals surface area contributed by atoms with Crippen LogP contribution in [0.3, 0.4) is 0 Å². The van der Waals surface area contributed by atoms with Crippen LogP contribution in [-0.2, 0) is 0 Å². The average molecular weight is 399 g/mol. The van der Waals surface area contributed by atoms with Crippen LogP contribution in [0.4, 0.5) is 0 Å². The molecule has 0 amide bonds. The van der Waals surface area contributed by atoms with E-state index in [4.69, 9.17) is 9.47 Å². The Hall–Kier alpha value is -2.38. The largest absolute Gasteiger partial charge is 0.493 e. The van der Waals surface area contributed by atoms with Gasteiger partial charge in [0, 0.05) is 28.5 Å². The van der Waals surface area contributed by atoms with Crippen LogP contribution in [0.5, 0.6) is 11.5 Å². The number of aromatic amines is 1. The molecule has 1 fully saturated rings. The second-order valence-corrected chi connectivity index (χ2v) is 8.69. The fourth-order valence-corrected chi connectivity index (χ4v) is 5.83. The van der Waals surface area contributed by atoms with Gasteiger partial charge in [0.2, 0.25) is 5.56 Å². The van der Waals surface area contributed by atoms with E-state index >= 15 is 0 Å². The number of benzene rings is 2. The number of pyridine rings is 1. The maximum atomic E-state index is 12.8. The lowest BCUT2D eigenvalue weighted by Gasteiger charge is -2.14. The van der Waals surface area contributed by atoms with Crippen molar-refractivity contribution in [2.45, 2.75) is 4.58 Å². The number of methoxy groups -OCH3 is 1. The zero-order valence-corrected chi connectivity index (χ0v) is 16.2. The number of ether oxygens (including phenoxy) is 2. The zero-order chi connectivity index (χ0) is 18.8. The summed E-state index contributed by atoms with van der Waals surface area (Å²) in [5, 5.41) is 0.636. The van der Waals surface area contributed by atoms with E-state index in [9.17, 15) is 9.59 Å². The summed E-state index contributed by atoms with van der Waals surface area (Å²) >= 11 is 3.79. The first-order valence-corrected chi connectivity index (χ1v) is 10.5. The summed E-state index contributed by atoms with van der Waals surface area (Å²) < 4.78 is 11.4. The predicted octanol–water partition coefficient (Wildman–Crippen LogP) is 4.23. The minimum Gasteiger partial charge on any atom is -0.493 e. The van der Waals surface area contributed by atoms with Gasteiger partial charge in [-0.2, -0.15) is 0 Å². The Morgan fingerprint density at radius 3 is 2.63 bits per heavy atom. The van der Waals surface area contributed by atoms with Crippen LogP contribution in [0.25, 0.3) is 10.9 Å². The molecule has 0 radical (unpaired) electrons. The number of hydrogen-bond donors (Lipinski definition) is 1. The number of fused-ring (bicyclic) bond motifs is 1. The molecular weight excluding hydrogens is 382 g/mol. The Balaban J connectivity index is 1.66. The Morgan fingerprint density at radius 1 is 1.07 bits per heavy atom. The summed E-state index contributed by atoms with van der Waals surface area (Å²) in [6.45, 7) is 0. The molecule has 1 aliphatic rings. The number of carbonyl (C=O) groups excluding carboxylic acids is 1. The highest BCUT2D eigenvalue weighted by atomic mass is 32.2. The van der Waals surface area contributed by atoms with Gasteiger partial charge < -0.3 is 14.5 Å². The molecule has 1 N–H and O–H groups in total. The van der Waals surface area contributed by atoms with E-state index in [1.807, 2.05) is 41.7 Å². The molecular formula is C20H17NO4S2. The molecule has 3 aromatic rings. The number of rotatable bonds is 4. The van der Waals surface area contributed by atoms with Crippen molar-refractivity contribution in [3.8, 4) is 11.5 Å². The van der Waals surface area contributed by atoms with E-state index in [1.54, 1.807) is 31.4 Å². The lowest BCUT2D eigenvalue weighted by Crippen LogP contribution is -2.15. The SMILES string of the molecule is COc1cc(C2SCCS2)ccc1OC(=O)c1cc(=O)[nH]c2ccccc12. The molecule has 1 aromatic heterocycles. The number of para-hydroxylation sites is 1. The molecule has 0 aliphatic carbocycles. The fourth-order valence-electron chi connectivity index (χ4n) is 2.99. The van der Waals surface area contributed by atoms with Gasteiger partial charge in [0.15, 0.2) is 11.5 Å². The number of esters is 1. The van der Waals surface area contributed by atoms with Crippen LogP contribution in [0, 0.1) is 0 Å². The van der Waals surface area contributed by atoms with Crippen LogP contribution in [-0.4, -0.2) is 29.6 Å². The van der Waals surface area contributed by atoms with Gasteiger partial charge >= 0.3 is 5.97 Å². The summed E-state index contributed by atoms with van der Waals surface area (Å²) in [5.74, 6) is 2.51. The number of carbonyl (C=O) groups is 1. The molecule has 0 unspecified atom stereocenters. The predicted molar refractivity (Wildman–Crippen MR) is 110 cm³/mol. The minimum absolute atomic E-state index is 0.224. The molecule has 0 saturated carbocycles. The number of thioether (sulfide) groups is 2. The zero-order valence-electron chi connectivity index (χ0n) is 14.6. The number of H-pyrrole nitrogens is 1. The van der Waals surface area contributed by atoms with Crippen molar-refractivity contribution in [3.05, 3.63) is 70.0 Å². The molecule has 0 spiro atoms. The first kappa shape index (κ1) is 18.0. The Kier molecular flexibility index (Phi) is 5.13. The summed E-state index contributed by atoms with van der Waals surface area (Å²) in [5.41, 5.74) is 1.61. The van der Waals surface area contributed by atoms with Crippen LogP contribution >= 0.6 is 23.5 Å². The van der Waals surface area contributed by atoms with E-state index < -0.39 is 5.97 Å². The average Bonchev–Trinajstić information content (AvgIpc) is 3.22. The highest BCUT2D eigenvalue weighted by Crippen LogP contribution is 2.47. The first-order chi connectivity index (χ1) is 13.2. The van der Waals surface area contributed by atoms with Crippen molar-refractivity contribution in [1.29, 1.82) is 0 Å². The van der Waals surface area contributed by atoms with Crippen LogP contribution in [0.1, 0.15) is 20.5 Å². The van der Waals surface area contributed by atoms with Gasteiger partial charge in [-0.15, -0.1) is 23.5 Å². The monoisotopic (exact) mass is 399 g/mol. The van der Waals surface area contributed by atoms with Gasteiger partial charge in [-0.05, 0) is 23.8 Å². The molecule has 2 heterocycles. The quantitative estimate of drug-likeness (QED) is 0.523. The topological polar surface area (TPSA) is 68.4 Å². The van der Waals surface area contributed by atoms with Crippen molar-refractivity contribution >= 4 is 40.4 Å². The number of nitrogens with one attached hydrogen (secondary N) is 1. The standard InChI is InChI=1S/C20H17NO4S2/c1-24-17-10-12(20-26-8-9-27-20)6-7-16(17)25-19(23)14-11-18(22)21-15-5-3-2-4-13(14)15/h2-7,10-11,20H,8-9H2,1H3,(H,21,22). The first-order valence-electron chi connectivity index (χ1n) is 8.41. The molecule has 2 aromatic carbocycles. The van der Waals surface area contributed by atoms with E-state index in [1.165, 1.54) is 6.07 Å². The van der Waals surface area contributed by atoms with Crippen molar-refractivity contribution in [3.63, 3.8) is 0 Å². The van der Waals surface area contributed by atoms with Gasteiger partial charge in [-0.3, -0.25) is 4.79 Å². The van der Waals surface area contributed by atoms with Gasteiger partial charge in [0.25, 0.3) is 0 Å². The maximum absolute atomic E-state index is 12.8. The van der Waals surface area contributed by atoms with Crippen LogP contribution in [0.2, 0.25) is 0 Å². The lowest BCUT2D eigenvalue weighted by molar-refractivity contribution is 0.0731. The van der Waals surface area contributed by atoms with Gasteiger partial charge in [0.1, 0.15) is 0 Å². The highest BCUT2D eigenvalue weighted by Gasteiger charge is 2.21. The fraction of sp³-hybridized carbons (Fsp3) is 0.200. The third-order valence-electron chi connectivity index (χ3n) is 4.25. The van der Waals surface area contributed by atoms with E-state index in [0.29, 0.717) is 27.0 Å². The molecule has 138 valence electrons. The molecule has 1 aliphatic heterocycles. The molecule has 5 nitrogen and oxygen atoms in total. The molecule has 0 bridgehead atoms. The summed E-state index contributed by atoms with van der Waals surface area (Å²) in [7, 11) is 1.55. The summed E-state index contributed by atoms with van der Waals surface area (Å²) in [6, 6.07) is 14.0. The van der Waals surface area contributed by atoms with Crippen LogP contribution in [0.15, 0.2) is 53.3 Å². The number of hydrogen-bond acceptors (Lipinski definition) is 6. The second kappa shape index (κ2) is 7.70. The third kappa shape index (κ3) is 3.70. The molecule has 4 rings (SSSR count). The van der Waals surface area contributed by atoms with Gasteiger partial charge in [-0.25, -0.2) is 4.79 Å². The van der Waals surface area contributed by atoms with Gasteiger partial charge in [0.05, 0.1) is 17.3 Å². The van der Waals surface area contributed by atoms with Crippen molar-refractivity contribution < 1.29 is 14.3 Å². The summed E-state index contributed by atoms with van der Waals surface area (Å²) in [4.78, 5) is 27.4. The number of aromatic nitrogens is 1. The normalized spacial score (nSPS) is 14.4. The van der Waals surface area contributed by atoms with Crippen molar-refractivity contribution in [1.82, 2.24) is 4.98 Å². The maximum Gasteiger partial charge on any atom is 0.344 e. The Bertz CT molecular complexity index is 1060. The van der Waals surface area contributed by atoms with E-state index in [2.05, 4.69) is 4.98 Å².